The van der Waals surface area contributed by atoms with Gasteiger partial charge in [0.2, 0.25) is 0 Å². The van der Waals surface area contributed by atoms with Gasteiger partial charge < -0.3 is 9.64 Å². The Hall–Kier alpha value is -2.50. The lowest BCUT2D eigenvalue weighted by Gasteiger charge is -2.32. The van der Waals surface area contributed by atoms with Gasteiger partial charge in [-0.05, 0) is 30.0 Å². The molecule has 0 N–H and O–H groups in total. The molecule has 1 aromatic heterocycles. The van der Waals surface area contributed by atoms with Crippen molar-refractivity contribution < 1.29 is 4.74 Å². The molecule has 28 heavy (non-hydrogen) atoms. The van der Waals surface area contributed by atoms with Crippen LogP contribution < -0.4 is 0 Å². The molecule has 0 radical (unpaired) electrons. The van der Waals surface area contributed by atoms with E-state index in [1.807, 2.05) is 6.07 Å². The molecule has 2 aliphatic rings. The van der Waals surface area contributed by atoms with Crippen LogP contribution >= 0.6 is 0 Å². The van der Waals surface area contributed by atoms with Crippen molar-refractivity contribution in [3.8, 4) is 11.4 Å². The van der Waals surface area contributed by atoms with Crippen LogP contribution in [0.5, 0.6) is 0 Å². The highest BCUT2D eigenvalue weighted by atomic mass is 16.5. The van der Waals surface area contributed by atoms with Crippen LogP contribution in [-0.2, 0) is 4.74 Å². The van der Waals surface area contributed by atoms with Gasteiger partial charge in [0.1, 0.15) is 0 Å². The molecule has 0 aliphatic carbocycles. The standard InChI is InChI=1S/C23H28N4O/c1-18(16-26-13-10-22(17-26)28-2)27-14-8-20(9-15-27)19-4-6-21(7-5-19)23-24-11-3-12-25-23/h3-8,11-12,22H,1,9-10,13-17H2,2H3. The molecule has 0 bridgehead atoms. The Bertz CT molecular complexity index is 831. The van der Waals surface area contributed by atoms with E-state index >= 15 is 0 Å². The number of hydrogen-bond acceptors (Lipinski definition) is 5. The van der Waals surface area contributed by atoms with E-state index in [1.165, 1.54) is 16.8 Å². The Balaban J connectivity index is 1.34. The van der Waals surface area contributed by atoms with Crippen LogP contribution in [0.4, 0.5) is 0 Å². The largest absolute Gasteiger partial charge is 0.380 e. The summed E-state index contributed by atoms with van der Waals surface area (Å²) < 4.78 is 5.47. The van der Waals surface area contributed by atoms with Gasteiger partial charge in [-0.2, -0.15) is 0 Å². The predicted octanol–water partition coefficient (Wildman–Crippen LogP) is 3.47. The van der Waals surface area contributed by atoms with Crippen LogP contribution in [0.15, 0.2) is 61.1 Å². The summed E-state index contributed by atoms with van der Waals surface area (Å²) in [6.45, 7) is 9.35. The number of rotatable bonds is 6. The van der Waals surface area contributed by atoms with E-state index in [2.05, 4.69) is 56.7 Å². The zero-order valence-corrected chi connectivity index (χ0v) is 16.6. The van der Waals surface area contributed by atoms with Gasteiger partial charge in [0.05, 0.1) is 6.10 Å². The maximum absolute atomic E-state index is 5.47. The van der Waals surface area contributed by atoms with Gasteiger partial charge in [-0.25, -0.2) is 9.97 Å². The maximum Gasteiger partial charge on any atom is 0.159 e. The second-order valence-corrected chi connectivity index (χ2v) is 7.52. The molecule has 2 aromatic rings. The van der Waals surface area contributed by atoms with Crippen LogP contribution in [0.25, 0.3) is 17.0 Å². The van der Waals surface area contributed by atoms with Crippen LogP contribution in [0.1, 0.15) is 18.4 Å². The molecule has 4 rings (SSSR count). The average Bonchev–Trinajstić information content (AvgIpc) is 3.22. The van der Waals surface area contributed by atoms with Crippen molar-refractivity contribution in [2.75, 3.05) is 39.8 Å². The van der Waals surface area contributed by atoms with Crippen molar-refractivity contribution in [1.29, 1.82) is 0 Å². The molecule has 1 unspecified atom stereocenters. The second-order valence-electron chi connectivity index (χ2n) is 7.52. The number of nitrogens with zero attached hydrogens (tertiary/aromatic N) is 4. The minimum Gasteiger partial charge on any atom is -0.380 e. The molecule has 0 spiro atoms. The summed E-state index contributed by atoms with van der Waals surface area (Å²) in [5, 5.41) is 0. The molecule has 3 heterocycles. The number of methoxy groups -OCH3 is 1. The van der Waals surface area contributed by atoms with Gasteiger partial charge in [-0.1, -0.05) is 36.9 Å². The Morgan fingerprint density at radius 3 is 2.54 bits per heavy atom. The Morgan fingerprint density at radius 2 is 1.89 bits per heavy atom. The normalized spacial score (nSPS) is 20.2. The summed E-state index contributed by atoms with van der Waals surface area (Å²) in [4.78, 5) is 13.5. The van der Waals surface area contributed by atoms with E-state index in [1.54, 1.807) is 19.5 Å². The lowest BCUT2D eigenvalue weighted by molar-refractivity contribution is 0.108. The number of benzene rings is 1. The summed E-state index contributed by atoms with van der Waals surface area (Å²) in [7, 11) is 1.80. The first kappa shape index (κ1) is 18.8. The maximum atomic E-state index is 5.47. The van der Waals surface area contributed by atoms with Gasteiger partial charge in [0.15, 0.2) is 5.82 Å². The zero-order valence-electron chi connectivity index (χ0n) is 16.6. The van der Waals surface area contributed by atoms with E-state index in [-0.39, 0.29) is 0 Å². The molecule has 1 saturated heterocycles. The lowest BCUT2D eigenvalue weighted by Crippen LogP contribution is -2.34. The summed E-state index contributed by atoms with van der Waals surface area (Å²) >= 11 is 0. The molecular weight excluding hydrogens is 348 g/mol. The molecular formula is C23H28N4O. The van der Waals surface area contributed by atoms with Gasteiger partial charge in [0, 0.05) is 63.5 Å². The lowest BCUT2D eigenvalue weighted by atomic mass is 9.98. The Morgan fingerprint density at radius 1 is 1.14 bits per heavy atom. The third-order valence-electron chi connectivity index (χ3n) is 5.70. The number of aromatic nitrogens is 2. The van der Waals surface area contributed by atoms with Crippen molar-refractivity contribution in [3.63, 3.8) is 0 Å². The fourth-order valence-corrected chi connectivity index (χ4v) is 3.99. The molecule has 0 amide bonds. The highest BCUT2D eigenvalue weighted by Crippen LogP contribution is 2.26. The monoisotopic (exact) mass is 376 g/mol. The van der Waals surface area contributed by atoms with Crippen molar-refractivity contribution >= 4 is 5.57 Å². The summed E-state index contributed by atoms with van der Waals surface area (Å²) in [5.74, 6) is 0.770. The molecule has 146 valence electrons. The van der Waals surface area contributed by atoms with Gasteiger partial charge in [-0.15, -0.1) is 0 Å². The molecule has 5 heteroatoms. The quantitative estimate of drug-likeness (QED) is 0.772. The van der Waals surface area contributed by atoms with Crippen LogP contribution in [-0.4, -0.2) is 65.7 Å². The van der Waals surface area contributed by atoms with Crippen molar-refractivity contribution in [3.05, 3.63) is 66.6 Å². The topological polar surface area (TPSA) is 41.5 Å². The Labute approximate surface area is 167 Å². The average molecular weight is 377 g/mol. The van der Waals surface area contributed by atoms with E-state index < -0.39 is 0 Å². The third-order valence-corrected chi connectivity index (χ3v) is 5.70. The molecule has 5 nitrogen and oxygen atoms in total. The second kappa shape index (κ2) is 8.67. The summed E-state index contributed by atoms with van der Waals surface area (Å²) in [6.07, 6.45) is 8.44. The SMILES string of the molecule is C=C(CN1CCC(OC)C1)N1CC=C(c2ccc(-c3ncccn3)cc2)CC1. The highest BCUT2D eigenvalue weighted by Gasteiger charge is 2.24. The minimum absolute atomic E-state index is 0.380. The fourth-order valence-electron chi connectivity index (χ4n) is 3.99. The number of likely N-dealkylation sites (tertiary alicyclic amines) is 1. The van der Waals surface area contributed by atoms with E-state index in [0.29, 0.717) is 6.10 Å². The summed E-state index contributed by atoms with van der Waals surface area (Å²) in [6, 6.07) is 10.4. The number of hydrogen-bond donors (Lipinski definition) is 0. The van der Waals surface area contributed by atoms with Gasteiger partial charge >= 0.3 is 0 Å². The molecule has 1 atom stereocenters. The van der Waals surface area contributed by atoms with Crippen molar-refractivity contribution in [2.45, 2.75) is 18.9 Å². The van der Waals surface area contributed by atoms with Crippen molar-refractivity contribution in [1.82, 2.24) is 19.8 Å². The molecule has 0 saturated carbocycles. The molecule has 1 aromatic carbocycles. The Kier molecular flexibility index (Phi) is 5.84. The zero-order chi connectivity index (χ0) is 19.3. The van der Waals surface area contributed by atoms with Crippen LogP contribution in [0.2, 0.25) is 0 Å². The predicted molar refractivity (Wildman–Crippen MR) is 113 cm³/mol. The van der Waals surface area contributed by atoms with Gasteiger partial charge in [0.25, 0.3) is 0 Å². The smallest absolute Gasteiger partial charge is 0.159 e. The van der Waals surface area contributed by atoms with E-state index in [0.717, 1.165) is 57.0 Å². The first-order valence-corrected chi connectivity index (χ1v) is 9.97. The van der Waals surface area contributed by atoms with Crippen LogP contribution in [0, 0.1) is 0 Å². The van der Waals surface area contributed by atoms with E-state index in [9.17, 15) is 0 Å². The highest BCUT2D eigenvalue weighted by molar-refractivity contribution is 5.69. The number of ether oxygens (including phenoxy) is 1. The first-order valence-electron chi connectivity index (χ1n) is 9.97. The van der Waals surface area contributed by atoms with Gasteiger partial charge in [-0.3, -0.25) is 4.90 Å². The molecule has 1 fully saturated rings. The summed E-state index contributed by atoms with van der Waals surface area (Å²) in [5.41, 5.74) is 4.96. The van der Waals surface area contributed by atoms with Crippen LogP contribution in [0.3, 0.4) is 0 Å². The first-order chi connectivity index (χ1) is 13.7. The molecule has 2 aliphatic heterocycles. The minimum atomic E-state index is 0.380. The fraction of sp³-hybridized carbons (Fsp3) is 0.391. The third kappa shape index (κ3) is 4.32. The van der Waals surface area contributed by atoms with Crippen molar-refractivity contribution in [2.24, 2.45) is 0 Å². The van der Waals surface area contributed by atoms with E-state index in [4.69, 9.17) is 4.74 Å².